The Morgan fingerprint density at radius 3 is 1.89 bits per heavy atom. The first-order chi connectivity index (χ1) is 13.6. The van der Waals surface area contributed by atoms with E-state index in [1.54, 1.807) is 12.1 Å². The molecule has 0 unspecified atom stereocenters. The molecule has 28 heavy (non-hydrogen) atoms. The second kappa shape index (κ2) is 7.16. The van der Waals surface area contributed by atoms with Gasteiger partial charge in [0, 0.05) is 5.56 Å². The molecule has 1 amide bonds. The Balaban J connectivity index is 2.06. The summed E-state index contributed by atoms with van der Waals surface area (Å²) in [5.74, 6) is -0.437. The van der Waals surface area contributed by atoms with Gasteiger partial charge < -0.3 is 5.73 Å². The van der Waals surface area contributed by atoms with Crippen LogP contribution < -0.4 is 16.2 Å². The van der Waals surface area contributed by atoms with Crippen LogP contribution in [0.25, 0.3) is 39.3 Å². The molecule has 0 heterocycles. The predicted octanol–water partition coefficient (Wildman–Crippen LogP) is 4.39. The average molecular weight is 363 g/mol. The average Bonchev–Trinajstić information content (AvgIpc) is 2.74. The van der Waals surface area contributed by atoms with E-state index in [0.29, 0.717) is 5.56 Å². The largest absolute Gasteiger partial charge is 0.366 e. The minimum absolute atomic E-state index is 0.437. The lowest BCUT2D eigenvalue weighted by molar-refractivity contribution is 0.100. The van der Waals surface area contributed by atoms with E-state index >= 15 is 0 Å². The Kier molecular flexibility index (Phi) is 4.54. The fraction of sp³-hybridized carbons (Fsp3) is 0.0385. The third-order valence-corrected chi connectivity index (χ3v) is 5.14. The lowest BCUT2D eigenvalue weighted by atomic mass is 9.95. The van der Waals surface area contributed by atoms with Crippen LogP contribution in [0.4, 0.5) is 0 Å². The maximum Gasteiger partial charge on any atom is 0.248 e. The molecule has 0 spiro atoms. The highest BCUT2D eigenvalue weighted by Crippen LogP contribution is 2.21. The van der Waals surface area contributed by atoms with Crippen molar-refractivity contribution < 1.29 is 4.79 Å². The van der Waals surface area contributed by atoms with Gasteiger partial charge in [0.1, 0.15) is 0 Å². The summed E-state index contributed by atoms with van der Waals surface area (Å²) in [6.45, 7) is 6.32. The molecule has 2 heteroatoms. The van der Waals surface area contributed by atoms with Gasteiger partial charge >= 0.3 is 0 Å². The second-order valence-corrected chi connectivity index (χ2v) is 6.82. The van der Waals surface area contributed by atoms with Crippen LogP contribution >= 0.6 is 0 Å². The molecule has 2 nitrogen and oxygen atoms in total. The molecule has 0 fully saturated rings. The zero-order valence-electron chi connectivity index (χ0n) is 15.8. The Bertz CT molecular complexity index is 1360. The SMILES string of the molecule is C=C(/C=c1\c(=C/C)c2ccccc2c2ccccc12)c1cccc(C(N)=O)c1. The molecule has 0 aromatic heterocycles. The van der Waals surface area contributed by atoms with Crippen molar-refractivity contribution in [3.8, 4) is 0 Å². The maximum absolute atomic E-state index is 11.5. The Morgan fingerprint density at radius 1 is 0.786 bits per heavy atom. The predicted molar refractivity (Wildman–Crippen MR) is 119 cm³/mol. The summed E-state index contributed by atoms with van der Waals surface area (Å²) in [7, 11) is 0. The zero-order valence-corrected chi connectivity index (χ0v) is 15.8. The van der Waals surface area contributed by atoms with Crippen molar-refractivity contribution in [2.45, 2.75) is 6.92 Å². The first-order valence-electron chi connectivity index (χ1n) is 9.27. The fourth-order valence-electron chi connectivity index (χ4n) is 3.79. The smallest absolute Gasteiger partial charge is 0.248 e. The number of rotatable bonds is 3. The lowest BCUT2D eigenvalue weighted by Crippen LogP contribution is -2.26. The van der Waals surface area contributed by atoms with E-state index in [2.05, 4.69) is 74.2 Å². The van der Waals surface area contributed by atoms with Crippen LogP contribution in [0, 0.1) is 0 Å². The summed E-state index contributed by atoms with van der Waals surface area (Å²) in [6, 6.07) is 24.2. The standard InChI is InChI=1S/C26H21NO/c1-3-20-21-11-4-5-12-22(21)23-13-6-7-14-24(23)25(20)15-17(2)18-9-8-10-19(16-18)26(27)28/h3-16H,2H2,1H3,(H2,27,28)/b20-3-,25-15+. The Labute approximate surface area is 163 Å². The van der Waals surface area contributed by atoms with Gasteiger partial charge in [-0.15, -0.1) is 0 Å². The molecule has 4 rings (SSSR count). The molecule has 0 aliphatic carbocycles. The van der Waals surface area contributed by atoms with Crippen molar-refractivity contribution in [1.29, 1.82) is 0 Å². The monoisotopic (exact) mass is 363 g/mol. The number of nitrogens with two attached hydrogens (primary N) is 1. The van der Waals surface area contributed by atoms with Crippen LogP contribution in [-0.2, 0) is 0 Å². The highest BCUT2D eigenvalue weighted by Gasteiger charge is 2.07. The van der Waals surface area contributed by atoms with E-state index in [4.69, 9.17) is 5.73 Å². The fourth-order valence-corrected chi connectivity index (χ4v) is 3.79. The molecule has 0 saturated heterocycles. The van der Waals surface area contributed by atoms with Gasteiger partial charge in [-0.3, -0.25) is 4.79 Å². The third kappa shape index (κ3) is 2.99. The van der Waals surface area contributed by atoms with E-state index in [9.17, 15) is 4.79 Å². The summed E-state index contributed by atoms with van der Waals surface area (Å²) in [5.41, 5.74) is 7.64. The van der Waals surface area contributed by atoms with Crippen LogP contribution in [0.2, 0.25) is 0 Å². The van der Waals surface area contributed by atoms with Crippen LogP contribution in [-0.4, -0.2) is 5.91 Å². The van der Waals surface area contributed by atoms with E-state index in [-0.39, 0.29) is 0 Å². The number of hydrogen-bond acceptors (Lipinski definition) is 1. The van der Waals surface area contributed by atoms with Gasteiger partial charge in [0.05, 0.1) is 0 Å². The number of fused-ring (bicyclic) bond motifs is 3. The minimum atomic E-state index is -0.437. The van der Waals surface area contributed by atoms with Crippen LogP contribution in [0.5, 0.6) is 0 Å². The summed E-state index contributed by atoms with van der Waals surface area (Å²) in [4.78, 5) is 11.5. The highest BCUT2D eigenvalue weighted by atomic mass is 16.1. The molecule has 0 aliphatic rings. The number of benzene rings is 4. The highest BCUT2D eigenvalue weighted by molar-refractivity contribution is 6.09. The molecule has 4 aromatic rings. The van der Waals surface area contributed by atoms with Gasteiger partial charge in [-0.25, -0.2) is 0 Å². The molecule has 136 valence electrons. The molecule has 4 aromatic carbocycles. The van der Waals surface area contributed by atoms with Crippen molar-refractivity contribution in [2.75, 3.05) is 0 Å². The summed E-state index contributed by atoms with van der Waals surface area (Å²) in [5, 5.41) is 7.17. The summed E-state index contributed by atoms with van der Waals surface area (Å²) in [6.07, 6.45) is 4.25. The number of allylic oxidation sites excluding steroid dienone is 1. The topological polar surface area (TPSA) is 43.1 Å². The molecule has 0 radical (unpaired) electrons. The first kappa shape index (κ1) is 17.7. The van der Waals surface area contributed by atoms with Crippen LogP contribution in [0.1, 0.15) is 22.8 Å². The minimum Gasteiger partial charge on any atom is -0.366 e. The lowest BCUT2D eigenvalue weighted by Gasteiger charge is -2.09. The number of amides is 1. The van der Waals surface area contributed by atoms with Crippen LogP contribution in [0.15, 0.2) is 79.4 Å². The van der Waals surface area contributed by atoms with Gasteiger partial charge in [-0.1, -0.05) is 73.3 Å². The third-order valence-electron chi connectivity index (χ3n) is 5.14. The molecule has 0 aliphatic heterocycles. The molecule has 2 N–H and O–H groups in total. The quantitative estimate of drug-likeness (QED) is 0.539. The van der Waals surface area contributed by atoms with E-state index < -0.39 is 5.91 Å². The maximum atomic E-state index is 11.5. The van der Waals surface area contributed by atoms with Gasteiger partial charge in [-0.2, -0.15) is 0 Å². The summed E-state index contributed by atoms with van der Waals surface area (Å²) >= 11 is 0. The molecule has 0 bridgehead atoms. The Hall–Kier alpha value is -3.65. The first-order valence-corrected chi connectivity index (χ1v) is 9.27. The van der Waals surface area contributed by atoms with E-state index in [1.165, 1.54) is 26.8 Å². The number of hydrogen-bond donors (Lipinski definition) is 1. The van der Waals surface area contributed by atoms with Crippen molar-refractivity contribution in [1.82, 2.24) is 0 Å². The normalized spacial score (nSPS) is 12.6. The second-order valence-electron chi connectivity index (χ2n) is 6.82. The van der Waals surface area contributed by atoms with Crippen molar-refractivity contribution in [3.63, 3.8) is 0 Å². The van der Waals surface area contributed by atoms with Gasteiger partial charge in [0.15, 0.2) is 0 Å². The molecule has 0 saturated carbocycles. The molecular weight excluding hydrogens is 342 g/mol. The van der Waals surface area contributed by atoms with E-state index in [1.807, 2.05) is 12.1 Å². The number of primary amides is 1. The molecular formula is C26H21NO. The zero-order chi connectivity index (χ0) is 19.7. The van der Waals surface area contributed by atoms with Gasteiger partial charge in [0.25, 0.3) is 0 Å². The Morgan fingerprint density at radius 2 is 1.32 bits per heavy atom. The van der Waals surface area contributed by atoms with Gasteiger partial charge in [-0.05, 0) is 68.3 Å². The van der Waals surface area contributed by atoms with Crippen LogP contribution in [0.3, 0.4) is 0 Å². The van der Waals surface area contributed by atoms with Crippen molar-refractivity contribution >= 4 is 45.2 Å². The van der Waals surface area contributed by atoms with E-state index in [0.717, 1.165) is 16.4 Å². The van der Waals surface area contributed by atoms with Crippen molar-refractivity contribution in [3.05, 3.63) is 101 Å². The number of carbonyl (C=O) groups excluding carboxylic acids is 1. The molecule has 0 atom stereocenters. The van der Waals surface area contributed by atoms with Gasteiger partial charge in [0.2, 0.25) is 5.91 Å². The number of carbonyl (C=O) groups is 1. The van der Waals surface area contributed by atoms with Crippen molar-refractivity contribution in [2.24, 2.45) is 5.73 Å². The summed E-state index contributed by atoms with van der Waals surface area (Å²) < 4.78 is 0.